The Morgan fingerprint density at radius 1 is 1.30 bits per heavy atom. The van der Waals surface area contributed by atoms with Gasteiger partial charge in [0.2, 0.25) is 0 Å². The summed E-state index contributed by atoms with van der Waals surface area (Å²) in [5.74, 6) is 1.47. The molecular formula is C17H24N2O3S. The van der Waals surface area contributed by atoms with E-state index in [0.29, 0.717) is 17.3 Å². The summed E-state index contributed by atoms with van der Waals surface area (Å²) in [5, 5.41) is 6.65. The second kappa shape index (κ2) is 8.17. The minimum atomic E-state index is 0.165. The van der Waals surface area contributed by atoms with E-state index in [2.05, 4.69) is 10.6 Å². The molecule has 0 bridgehead atoms. The summed E-state index contributed by atoms with van der Waals surface area (Å²) in [6.45, 7) is 3.51. The zero-order valence-corrected chi connectivity index (χ0v) is 14.9. The lowest BCUT2D eigenvalue weighted by Gasteiger charge is -2.23. The monoisotopic (exact) mass is 336 g/mol. The minimum Gasteiger partial charge on any atom is -0.493 e. The van der Waals surface area contributed by atoms with Crippen molar-refractivity contribution in [2.75, 3.05) is 34.5 Å². The zero-order chi connectivity index (χ0) is 16.8. The van der Waals surface area contributed by atoms with Crippen LogP contribution in [0.4, 0.5) is 0 Å². The molecule has 1 aromatic rings. The van der Waals surface area contributed by atoms with Gasteiger partial charge in [0.1, 0.15) is 4.99 Å². The number of thiocarbonyl (C=S) groups is 1. The first-order valence-corrected chi connectivity index (χ1v) is 8.00. The Hall–Kier alpha value is -1.79. The van der Waals surface area contributed by atoms with Crippen LogP contribution in [0.1, 0.15) is 18.1 Å². The second-order valence-electron chi connectivity index (χ2n) is 5.46. The number of ether oxygens (including phenoxy) is 3. The average Bonchev–Trinajstić information content (AvgIpc) is 2.53. The van der Waals surface area contributed by atoms with Gasteiger partial charge in [-0.05, 0) is 37.1 Å². The van der Waals surface area contributed by atoms with Crippen LogP contribution in [0.25, 0.3) is 5.70 Å². The van der Waals surface area contributed by atoms with E-state index in [1.165, 1.54) is 5.56 Å². The van der Waals surface area contributed by atoms with Crippen LogP contribution in [0.2, 0.25) is 0 Å². The number of fused-ring (bicyclic) bond motifs is 1. The van der Waals surface area contributed by atoms with Gasteiger partial charge < -0.3 is 24.8 Å². The number of hydrogen-bond acceptors (Lipinski definition) is 5. The van der Waals surface area contributed by atoms with E-state index >= 15 is 0 Å². The maximum Gasteiger partial charge on any atom is 0.161 e. The summed E-state index contributed by atoms with van der Waals surface area (Å²) in [6, 6.07) is 4.19. The second-order valence-corrected chi connectivity index (χ2v) is 5.90. The molecule has 0 aromatic heterocycles. The van der Waals surface area contributed by atoms with Crippen LogP contribution in [0.5, 0.6) is 11.5 Å². The molecule has 0 aliphatic carbocycles. The Bertz CT molecular complexity index is 602. The van der Waals surface area contributed by atoms with Gasteiger partial charge in [0.25, 0.3) is 0 Å². The van der Waals surface area contributed by atoms with Gasteiger partial charge in [-0.1, -0.05) is 12.2 Å². The maximum absolute atomic E-state index is 5.43. The molecule has 0 saturated carbocycles. The van der Waals surface area contributed by atoms with Gasteiger partial charge >= 0.3 is 0 Å². The first-order valence-electron chi connectivity index (χ1n) is 7.59. The molecule has 0 fully saturated rings. The summed E-state index contributed by atoms with van der Waals surface area (Å²) < 4.78 is 15.9. The Morgan fingerprint density at radius 2 is 2.00 bits per heavy atom. The third kappa shape index (κ3) is 4.36. The van der Waals surface area contributed by atoms with E-state index in [1.807, 2.05) is 25.1 Å². The largest absolute Gasteiger partial charge is 0.493 e. The smallest absolute Gasteiger partial charge is 0.161 e. The zero-order valence-electron chi connectivity index (χ0n) is 14.1. The lowest BCUT2D eigenvalue weighted by Crippen LogP contribution is -2.34. The molecule has 1 aliphatic rings. The van der Waals surface area contributed by atoms with Crippen molar-refractivity contribution in [3.05, 3.63) is 29.3 Å². The third-order valence-electron chi connectivity index (χ3n) is 3.69. The number of benzene rings is 1. The van der Waals surface area contributed by atoms with Gasteiger partial charge in [-0.25, -0.2) is 0 Å². The highest BCUT2D eigenvalue weighted by atomic mass is 32.1. The van der Waals surface area contributed by atoms with E-state index < -0.39 is 0 Å². The van der Waals surface area contributed by atoms with E-state index in [9.17, 15) is 0 Å². The first kappa shape index (κ1) is 17.6. The molecule has 0 radical (unpaired) electrons. The Kier molecular flexibility index (Phi) is 6.24. The van der Waals surface area contributed by atoms with Crippen molar-refractivity contribution in [2.24, 2.45) is 0 Å². The molecule has 23 heavy (non-hydrogen) atoms. The molecule has 2 rings (SSSR count). The molecule has 1 aliphatic heterocycles. The van der Waals surface area contributed by atoms with Crippen molar-refractivity contribution in [1.29, 1.82) is 0 Å². The number of hydrogen-bond donors (Lipinski definition) is 2. The van der Waals surface area contributed by atoms with E-state index in [4.69, 9.17) is 26.4 Å². The normalized spacial score (nSPS) is 16.3. The van der Waals surface area contributed by atoms with E-state index in [1.54, 1.807) is 21.3 Å². The van der Waals surface area contributed by atoms with Crippen molar-refractivity contribution in [3.63, 3.8) is 0 Å². The Balaban J connectivity index is 2.26. The molecule has 126 valence electrons. The highest BCUT2D eigenvalue weighted by molar-refractivity contribution is 7.80. The Labute approximate surface area is 143 Å². The molecule has 1 atom stereocenters. The fraction of sp³-hybridized carbons (Fsp3) is 0.471. The lowest BCUT2D eigenvalue weighted by atomic mass is 9.97. The van der Waals surface area contributed by atoms with Crippen LogP contribution in [0, 0.1) is 0 Å². The van der Waals surface area contributed by atoms with Crippen molar-refractivity contribution < 1.29 is 14.2 Å². The maximum atomic E-state index is 5.43. The van der Waals surface area contributed by atoms with Crippen LogP contribution in [-0.2, 0) is 11.2 Å². The summed E-state index contributed by atoms with van der Waals surface area (Å²) in [5.41, 5.74) is 3.31. The Morgan fingerprint density at radius 3 is 2.65 bits per heavy atom. The summed E-state index contributed by atoms with van der Waals surface area (Å²) in [6.07, 6.45) is 2.89. The number of methoxy groups -OCH3 is 3. The molecule has 1 aromatic carbocycles. The van der Waals surface area contributed by atoms with Gasteiger partial charge in [-0.3, -0.25) is 0 Å². The fourth-order valence-electron chi connectivity index (χ4n) is 2.64. The van der Waals surface area contributed by atoms with Crippen LogP contribution in [-0.4, -0.2) is 45.5 Å². The van der Waals surface area contributed by atoms with E-state index in [0.717, 1.165) is 30.0 Å². The highest BCUT2D eigenvalue weighted by Crippen LogP contribution is 2.34. The molecule has 0 amide bonds. The lowest BCUT2D eigenvalue weighted by molar-refractivity contribution is 0.179. The quantitative estimate of drug-likeness (QED) is 0.613. The van der Waals surface area contributed by atoms with Crippen molar-refractivity contribution in [1.82, 2.24) is 10.6 Å². The predicted molar refractivity (Wildman–Crippen MR) is 96.3 cm³/mol. The van der Waals surface area contributed by atoms with Gasteiger partial charge in [0.05, 0.1) is 20.8 Å². The number of rotatable bonds is 6. The van der Waals surface area contributed by atoms with Crippen molar-refractivity contribution in [2.45, 2.75) is 19.4 Å². The van der Waals surface area contributed by atoms with E-state index in [-0.39, 0.29) is 6.04 Å². The topological polar surface area (TPSA) is 51.8 Å². The highest BCUT2D eigenvalue weighted by Gasteiger charge is 2.18. The van der Waals surface area contributed by atoms with Gasteiger partial charge in [-0.2, -0.15) is 0 Å². The molecule has 0 saturated heterocycles. The van der Waals surface area contributed by atoms with Crippen LogP contribution >= 0.6 is 12.2 Å². The SMILES string of the molecule is COC[C@@H](C)NC(=S)/C=C1\NCCc2cc(OC)c(OC)cc21. The average molecular weight is 336 g/mol. The van der Waals surface area contributed by atoms with Gasteiger partial charge in [0.15, 0.2) is 11.5 Å². The molecule has 2 N–H and O–H groups in total. The summed E-state index contributed by atoms with van der Waals surface area (Å²) in [4.78, 5) is 0.680. The van der Waals surface area contributed by atoms with Crippen LogP contribution in [0.3, 0.4) is 0 Å². The minimum absolute atomic E-state index is 0.165. The molecule has 1 heterocycles. The molecule has 6 heteroatoms. The van der Waals surface area contributed by atoms with Crippen molar-refractivity contribution in [3.8, 4) is 11.5 Å². The van der Waals surface area contributed by atoms with Gasteiger partial charge in [0, 0.05) is 31.0 Å². The predicted octanol–water partition coefficient (Wildman–Crippen LogP) is 2.14. The van der Waals surface area contributed by atoms with Crippen LogP contribution < -0.4 is 20.1 Å². The van der Waals surface area contributed by atoms with Gasteiger partial charge in [-0.15, -0.1) is 0 Å². The first-order chi connectivity index (χ1) is 11.1. The molecule has 0 spiro atoms. The van der Waals surface area contributed by atoms with Crippen molar-refractivity contribution >= 4 is 22.9 Å². The summed E-state index contributed by atoms with van der Waals surface area (Å²) >= 11 is 5.43. The van der Waals surface area contributed by atoms with Crippen LogP contribution in [0.15, 0.2) is 18.2 Å². The molecule has 0 unspecified atom stereocenters. The molecule has 5 nitrogen and oxygen atoms in total. The molecular weight excluding hydrogens is 312 g/mol. The standard InChI is InChI=1S/C17H24N2O3S/c1-11(10-20-2)19-17(23)9-14-13-8-16(22-4)15(21-3)7-12(13)5-6-18-14/h7-9,11,18H,5-6,10H2,1-4H3,(H,19,23)/b14-9-/t11-/m1/s1. The fourth-order valence-corrected chi connectivity index (χ4v) is 2.96. The third-order valence-corrected chi connectivity index (χ3v) is 3.93. The summed E-state index contributed by atoms with van der Waals surface area (Å²) in [7, 11) is 4.97. The number of nitrogens with one attached hydrogen (secondary N) is 2.